The summed E-state index contributed by atoms with van der Waals surface area (Å²) in [5.41, 5.74) is 10.1. The first-order valence-electron chi connectivity index (χ1n) is 13.1. The molecule has 2 aromatic carbocycles. The SMILES string of the molecule is CC(C)C1=Nc2ccc(N(C)C)cc2C1.CC(C)C1=Nc2ccccc2C1.CC(C)c1ccccn1. The molecule has 0 spiro atoms. The molecule has 0 radical (unpaired) electrons. The second kappa shape index (κ2) is 12.6. The van der Waals surface area contributed by atoms with E-state index in [9.17, 15) is 0 Å². The van der Waals surface area contributed by atoms with Gasteiger partial charge in [-0.1, -0.05) is 65.8 Å². The van der Waals surface area contributed by atoms with Crippen molar-refractivity contribution in [1.82, 2.24) is 4.98 Å². The molecule has 4 heteroatoms. The zero-order valence-corrected chi connectivity index (χ0v) is 23.3. The highest BCUT2D eigenvalue weighted by atomic mass is 15.1. The Hall–Kier alpha value is -3.27. The molecule has 0 atom stereocenters. The minimum atomic E-state index is 0.547. The van der Waals surface area contributed by atoms with Gasteiger partial charge in [0.25, 0.3) is 0 Å². The monoisotopic (exact) mass is 482 g/mol. The highest BCUT2D eigenvalue weighted by Gasteiger charge is 2.17. The van der Waals surface area contributed by atoms with Crippen molar-refractivity contribution >= 4 is 28.5 Å². The van der Waals surface area contributed by atoms with Crippen molar-refractivity contribution < 1.29 is 0 Å². The van der Waals surface area contributed by atoms with Gasteiger partial charge in [-0.15, -0.1) is 0 Å². The lowest BCUT2D eigenvalue weighted by Crippen LogP contribution is -2.09. The summed E-state index contributed by atoms with van der Waals surface area (Å²) in [6, 6.07) is 20.9. The fourth-order valence-corrected chi connectivity index (χ4v) is 4.03. The third-order valence-corrected chi connectivity index (χ3v) is 6.45. The normalized spacial score (nSPS) is 13.3. The molecule has 0 saturated carbocycles. The fourth-order valence-electron chi connectivity index (χ4n) is 4.03. The average molecular weight is 483 g/mol. The number of aromatic nitrogens is 1. The minimum absolute atomic E-state index is 0.547. The number of hydrogen-bond acceptors (Lipinski definition) is 4. The van der Waals surface area contributed by atoms with E-state index in [0.717, 1.165) is 24.2 Å². The molecular formula is C32H42N4. The Kier molecular flexibility index (Phi) is 9.58. The predicted molar refractivity (Wildman–Crippen MR) is 157 cm³/mol. The van der Waals surface area contributed by atoms with Crippen molar-refractivity contribution in [2.75, 3.05) is 19.0 Å². The van der Waals surface area contributed by atoms with Crippen molar-refractivity contribution in [3.63, 3.8) is 0 Å². The number of fused-ring (bicyclic) bond motifs is 2. The van der Waals surface area contributed by atoms with E-state index in [1.54, 1.807) is 0 Å². The van der Waals surface area contributed by atoms with Crippen LogP contribution in [0.25, 0.3) is 0 Å². The maximum Gasteiger partial charge on any atom is 0.0666 e. The van der Waals surface area contributed by atoms with Gasteiger partial charge < -0.3 is 4.90 Å². The molecule has 2 aliphatic heterocycles. The Morgan fingerprint density at radius 3 is 1.72 bits per heavy atom. The van der Waals surface area contributed by atoms with Crippen LogP contribution < -0.4 is 4.90 Å². The van der Waals surface area contributed by atoms with Crippen LogP contribution in [0.15, 0.2) is 76.8 Å². The van der Waals surface area contributed by atoms with E-state index in [1.165, 1.54) is 33.9 Å². The Morgan fingerprint density at radius 1 is 0.639 bits per heavy atom. The van der Waals surface area contributed by atoms with Gasteiger partial charge in [0, 0.05) is 55.9 Å². The zero-order valence-electron chi connectivity index (χ0n) is 23.3. The maximum absolute atomic E-state index is 4.65. The summed E-state index contributed by atoms with van der Waals surface area (Å²) >= 11 is 0. The van der Waals surface area contributed by atoms with E-state index in [1.807, 2.05) is 30.5 Å². The number of aliphatic imine (C=N–C) groups is 2. The number of hydrogen-bond donors (Lipinski definition) is 0. The quantitative estimate of drug-likeness (QED) is 0.376. The second-order valence-electron chi connectivity index (χ2n) is 10.6. The number of benzene rings is 2. The molecule has 2 aliphatic rings. The molecule has 0 amide bonds. The van der Waals surface area contributed by atoms with Gasteiger partial charge in [-0.05, 0) is 65.3 Å². The van der Waals surface area contributed by atoms with Crippen LogP contribution in [0, 0.1) is 11.8 Å². The van der Waals surface area contributed by atoms with Crippen LogP contribution in [-0.4, -0.2) is 30.5 Å². The minimum Gasteiger partial charge on any atom is -0.378 e. The molecule has 4 nitrogen and oxygen atoms in total. The molecule has 1 aromatic heterocycles. The first kappa shape index (κ1) is 27.3. The average Bonchev–Trinajstić information content (AvgIpc) is 3.49. The molecule has 0 fully saturated rings. The van der Waals surface area contributed by atoms with Gasteiger partial charge in [-0.2, -0.15) is 0 Å². The van der Waals surface area contributed by atoms with Gasteiger partial charge in [-0.3, -0.25) is 15.0 Å². The second-order valence-corrected chi connectivity index (χ2v) is 10.6. The number of para-hydroxylation sites is 1. The summed E-state index contributed by atoms with van der Waals surface area (Å²) in [6.45, 7) is 13.1. The van der Waals surface area contributed by atoms with Gasteiger partial charge in [-0.25, -0.2) is 0 Å². The third-order valence-electron chi connectivity index (χ3n) is 6.45. The van der Waals surface area contributed by atoms with Gasteiger partial charge in [0.15, 0.2) is 0 Å². The summed E-state index contributed by atoms with van der Waals surface area (Å²) in [4.78, 5) is 15.5. The summed E-state index contributed by atoms with van der Waals surface area (Å²) in [6.07, 6.45) is 3.90. The molecule has 0 N–H and O–H groups in total. The van der Waals surface area contributed by atoms with Crippen molar-refractivity contribution in [2.45, 2.75) is 60.3 Å². The van der Waals surface area contributed by atoms with Gasteiger partial charge in [0.2, 0.25) is 0 Å². The zero-order chi connectivity index (χ0) is 26.2. The van der Waals surface area contributed by atoms with Crippen molar-refractivity contribution in [3.8, 4) is 0 Å². The van der Waals surface area contributed by atoms with E-state index in [-0.39, 0.29) is 0 Å². The molecule has 3 aromatic rings. The first-order valence-corrected chi connectivity index (χ1v) is 13.1. The smallest absolute Gasteiger partial charge is 0.0666 e. The van der Waals surface area contributed by atoms with Crippen LogP contribution in [0.5, 0.6) is 0 Å². The lowest BCUT2D eigenvalue weighted by atomic mass is 10.0. The molecule has 3 heterocycles. The maximum atomic E-state index is 4.65. The molecule has 0 unspecified atom stereocenters. The van der Waals surface area contributed by atoms with E-state index < -0.39 is 0 Å². The largest absolute Gasteiger partial charge is 0.378 e. The first-order chi connectivity index (χ1) is 17.2. The predicted octanol–water partition coefficient (Wildman–Crippen LogP) is 8.21. The molecule has 0 aliphatic carbocycles. The van der Waals surface area contributed by atoms with Crippen LogP contribution in [0.4, 0.5) is 17.1 Å². The van der Waals surface area contributed by atoms with E-state index in [0.29, 0.717) is 17.8 Å². The Labute approximate surface area is 218 Å². The molecular weight excluding hydrogens is 440 g/mol. The summed E-state index contributed by atoms with van der Waals surface area (Å²) in [5, 5.41) is 0. The van der Waals surface area contributed by atoms with Gasteiger partial charge in [0.05, 0.1) is 11.4 Å². The van der Waals surface area contributed by atoms with E-state index >= 15 is 0 Å². The number of pyridine rings is 1. The Morgan fingerprint density at radius 2 is 1.22 bits per heavy atom. The molecule has 0 saturated heterocycles. The van der Waals surface area contributed by atoms with Crippen LogP contribution >= 0.6 is 0 Å². The summed E-state index contributed by atoms with van der Waals surface area (Å²) in [7, 11) is 4.14. The summed E-state index contributed by atoms with van der Waals surface area (Å²) in [5.74, 6) is 1.68. The van der Waals surface area contributed by atoms with Crippen molar-refractivity contribution in [1.29, 1.82) is 0 Å². The molecule has 5 rings (SSSR count). The molecule has 36 heavy (non-hydrogen) atoms. The van der Waals surface area contributed by atoms with Crippen molar-refractivity contribution in [2.24, 2.45) is 21.8 Å². The van der Waals surface area contributed by atoms with Crippen molar-refractivity contribution in [3.05, 3.63) is 83.7 Å². The van der Waals surface area contributed by atoms with Crippen LogP contribution in [-0.2, 0) is 12.8 Å². The lowest BCUT2D eigenvalue weighted by Gasteiger charge is -2.13. The Balaban J connectivity index is 0.000000156. The topological polar surface area (TPSA) is 40.9 Å². The standard InChI is InChI=1S/C13H18N2.C11H13N.C8H11N/c1-9(2)13-8-10-7-11(15(3)4)5-6-12(10)14-13;1-8(2)11-7-9-5-3-4-6-10(9)12-11;1-7(2)8-5-3-4-6-9-8/h5-7,9H,8H2,1-4H3;3-6,8H,7H2,1-2H3;3-7H,1-2H3. The summed E-state index contributed by atoms with van der Waals surface area (Å²) < 4.78 is 0. The Bertz CT molecular complexity index is 1190. The van der Waals surface area contributed by atoms with E-state index in [4.69, 9.17) is 0 Å². The van der Waals surface area contributed by atoms with Gasteiger partial charge in [0.1, 0.15) is 0 Å². The molecule has 0 bridgehead atoms. The fraction of sp³-hybridized carbons (Fsp3) is 0.406. The third kappa shape index (κ3) is 7.36. The highest BCUT2D eigenvalue weighted by molar-refractivity contribution is 5.96. The number of nitrogens with zero attached hydrogens (tertiary/aromatic N) is 4. The highest BCUT2D eigenvalue weighted by Crippen LogP contribution is 2.32. The van der Waals surface area contributed by atoms with Gasteiger partial charge >= 0.3 is 0 Å². The van der Waals surface area contributed by atoms with Crippen LogP contribution in [0.2, 0.25) is 0 Å². The lowest BCUT2D eigenvalue weighted by molar-refractivity contribution is 0.823. The molecule has 190 valence electrons. The van der Waals surface area contributed by atoms with Crippen LogP contribution in [0.3, 0.4) is 0 Å². The van der Waals surface area contributed by atoms with E-state index in [2.05, 4.69) is 112 Å². The van der Waals surface area contributed by atoms with Crippen LogP contribution in [0.1, 0.15) is 64.3 Å². The number of rotatable bonds is 4. The number of anilines is 1.